The summed E-state index contributed by atoms with van der Waals surface area (Å²) >= 11 is 37.8. The van der Waals surface area contributed by atoms with Gasteiger partial charge >= 0.3 is 26.2 Å². The van der Waals surface area contributed by atoms with E-state index in [1.807, 2.05) is 41.5 Å². The van der Waals surface area contributed by atoms with Gasteiger partial charge in [-0.05, 0) is 97.9 Å². The molecule has 2 heterocycles. The first-order chi connectivity index (χ1) is 20.7. The monoisotopic (exact) mass is 830 g/mol. The summed E-state index contributed by atoms with van der Waals surface area (Å²) in [5.74, 6) is 0.902. The Balaban J connectivity index is 0.000000846. The van der Waals surface area contributed by atoms with Gasteiger partial charge in [0.1, 0.15) is 0 Å². The predicted octanol–water partition coefficient (Wildman–Crippen LogP) is 15.0. The minimum absolute atomic E-state index is 0. The number of pyridine rings is 2. The summed E-state index contributed by atoms with van der Waals surface area (Å²) < 4.78 is 0. The normalized spacial score (nSPS) is 10.2. The van der Waals surface area contributed by atoms with E-state index in [0.29, 0.717) is 66.2 Å². The minimum atomic E-state index is 0. The molecule has 252 valence electrons. The molecule has 0 aliphatic heterocycles. The molecule has 0 fully saturated rings. The third-order valence-electron chi connectivity index (χ3n) is 6.81. The van der Waals surface area contributed by atoms with Crippen molar-refractivity contribution in [2.75, 3.05) is 13.1 Å². The van der Waals surface area contributed by atoms with Gasteiger partial charge in [-0.2, -0.15) is 0 Å². The molecule has 0 atom stereocenters. The fourth-order valence-electron chi connectivity index (χ4n) is 5.09. The number of aromatic nitrogens is 2. The molecule has 2 aromatic heterocycles. The van der Waals surface area contributed by atoms with Crippen LogP contribution in [0.1, 0.15) is 60.1 Å². The molecule has 0 N–H and O–H groups in total. The van der Waals surface area contributed by atoms with Crippen LogP contribution in [-0.2, 0) is 26.2 Å². The van der Waals surface area contributed by atoms with Crippen LogP contribution in [0.4, 0.5) is 11.6 Å². The standard InChI is InChI=1S/2C17H18Cl3N2.2CH3.Zr/c2*1-5-6-21-17-15(20)13(18)14(19)16(22-17)12-10(3)7-9(2)8-11(12)4;;;/h2*7-8H,5-6H2,1-4H3;2*1H3;/q4*-1;+4. The van der Waals surface area contributed by atoms with Crippen LogP contribution in [0.5, 0.6) is 0 Å². The van der Waals surface area contributed by atoms with Crippen molar-refractivity contribution in [3.05, 3.63) is 113 Å². The Hall–Kier alpha value is -1.04. The van der Waals surface area contributed by atoms with Gasteiger partial charge in [-0.15, -0.1) is 0 Å². The van der Waals surface area contributed by atoms with Crippen molar-refractivity contribution in [3.8, 4) is 22.5 Å². The molecule has 0 unspecified atom stereocenters. The number of benzene rings is 2. The van der Waals surface area contributed by atoms with Crippen LogP contribution < -0.4 is 0 Å². The zero-order valence-electron chi connectivity index (χ0n) is 28.7. The molecule has 0 saturated carbocycles. The van der Waals surface area contributed by atoms with Gasteiger partial charge in [0.05, 0.1) is 30.1 Å². The molecule has 0 bridgehead atoms. The first kappa shape index (κ1) is 46.0. The largest absolute Gasteiger partial charge is 4.00 e. The van der Waals surface area contributed by atoms with E-state index < -0.39 is 0 Å². The summed E-state index contributed by atoms with van der Waals surface area (Å²) in [6.07, 6.45) is 1.83. The molecule has 47 heavy (non-hydrogen) atoms. The SMILES string of the molecule is CCC[N-]c1nc(-c2c(C)cc(C)cc2C)c(Cl)c(Cl)c1Cl.CCC[N-]c1nc(-c2c(C)cc(C)cc2C)c(Cl)c(Cl)c1Cl.[CH3-].[CH3-].[Zr+4]. The van der Waals surface area contributed by atoms with E-state index in [4.69, 9.17) is 69.6 Å². The molecule has 4 nitrogen and oxygen atoms in total. The van der Waals surface area contributed by atoms with E-state index >= 15 is 0 Å². The fraction of sp³-hybridized carbons (Fsp3) is 0.333. The predicted molar refractivity (Wildman–Crippen MR) is 207 cm³/mol. The van der Waals surface area contributed by atoms with Crippen LogP contribution >= 0.6 is 69.6 Å². The van der Waals surface area contributed by atoms with Gasteiger partial charge in [0.15, 0.2) is 0 Å². The molecular weight excluding hydrogens is 792 g/mol. The maximum atomic E-state index is 6.40. The van der Waals surface area contributed by atoms with E-state index in [1.165, 1.54) is 11.1 Å². The van der Waals surface area contributed by atoms with Crippen molar-refractivity contribution in [1.29, 1.82) is 0 Å². The first-order valence-corrected chi connectivity index (χ1v) is 16.6. The van der Waals surface area contributed by atoms with E-state index in [1.54, 1.807) is 0 Å². The van der Waals surface area contributed by atoms with Crippen LogP contribution in [0.15, 0.2) is 24.3 Å². The van der Waals surface area contributed by atoms with Crippen molar-refractivity contribution >= 4 is 81.2 Å². The van der Waals surface area contributed by atoms with Crippen LogP contribution in [0, 0.1) is 56.4 Å². The number of nitrogens with zero attached hydrogens (tertiary/aromatic N) is 4. The third kappa shape index (κ3) is 11.0. The zero-order chi connectivity index (χ0) is 32.9. The second kappa shape index (κ2) is 20.6. The fourth-order valence-corrected chi connectivity index (χ4v) is 6.39. The summed E-state index contributed by atoms with van der Waals surface area (Å²) in [6.45, 7) is 17.7. The average Bonchev–Trinajstić information content (AvgIpc) is 2.95. The summed E-state index contributed by atoms with van der Waals surface area (Å²) in [5, 5.41) is 10.8. The maximum Gasteiger partial charge on any atom is 4.00 e. The molecule has 4 rings (SSSR count). The van der Waals surface area contributed by atoms with Crippen molar-refractivity contribution < 1.29 is 26.2 Å². The Morgan fingerprint density at radius 2 is 0.766 bits per heavy atom. The van der Waals surface area contributed by atoms with Gasteiger partial charge in [0.2, 0.25) is 0 Å². The number of rotatable bonds is 8. The summed E-state index contributed by atoms with van der Waals surface area (Å²) in [7, 11) is 0. The molecule has 0 aliphatic carbocycles. The van der Waals surface area contributed by atoms with Crippen LogP contribution in [0.2, 0.25) is 30.1 Å². The molecule has 0 radical (unpaired) electrons. The molecular formula is C36H42Cl6N4Zr. The summed E-state index contributed by atoms with van der Waals surface area (Å²) in [5.41, 5.74) is 10.1. The van der Waals surface area contributed by atoms with Crippen molar-refractivity contribution in [2.24, 2.45) is 0 Å². The second-order valence-electron chi connectivity index (χ2n) is 10.8. The van der Waals surface area contributed by atoms with Crippen molar-refractivity contribution in [1.82, 2.24) is 9.97 Å². The Labute approximate surface area is 331 Å². The Kier molecular flexibility index (Phi) is 20.1. The quantitative estimate of drug-likeness (QED) is 0.166. The van der Waals surface area contributed by atoms with Crippen LogP contribution in [0.25, 0.3) is 33.1 Å². The average molecular weight is 835 g/mol. The number of halogens is 6. The van der Waals surface area contributed by atoms with Gasteiger partial charge in [-0.25, -0.2) is 0 Å². The van der Waals surface area contributed by atoms with E-state index in [2.05, 4.69) is 58.7 Å². The Morgan fingerprint density at radius 1 is 0.489 bits per heavy atom. The smallest absolute Gasteiger partial charge is 0.464 e. The zero-order valence-corrected chi connectivity index (χ0v) is 35.7. The molecule has 11 heteroatoms. The Bertz CT molecular complexity index is 1510. The van der Waals surface area contributed by atoms with E-state index in [9.17, 15) is 0 Å². The van der Waals surface area contributed by atoms with Gasteiger partial charge in [0.25, 0.3) is 0 Å². The molecule has 0 aliphatic rings. The molecule has 0 amide bonds. The maximum absolute atomic E-state index is 6.40. The number of hydrogen-bond donors (Lipinski definition) is 0. The summed E-state index contributed by atoms with van der Waals surface area (Å²) in [4.78, 5) is 9.15. The van der Waals surface area contributed by atoms with Gasteiger partial charge in [-0.3, -0.25) is 0 Å². The van der Waals surface area contributed by atoms with Crippen molar-refractivity contribution in [2.45, 2.75) is 68.2 Å². The van der Waals surface area contributed by atoms with Gasteiger partial charge in [0, 0.05) is 0 Å². The van der Waals surface area contributed by atoms with E-state index in [0.717, 1.165) is 46.2 Å². The second-order valence-corrected chi connectivity index (χ2v) is 13.0. The summed E-state index contributed by atoms with van der Waals surface area (Å²) in [6, 6.07) is 8.41. The Morgan fingerprint density at radius 3 is 1.02 bits per heavy atom. The molecule has 0 spiro atoms. The number of hydrogen-bond acceptors (Lipinski definition) is 2. The van der Waals surface area contributed by atoms with Gasteiger partial charge < -0.3 is 35.5 Å². The molecule has 2 aromatic carbocycles. The van der Waals surface area contributed by atoms with Crippen LogP contribution in [-0.4, -0.2) is 23.1 Å². The molecule has 4 aromatic rings. The number of aryl methyl sites for hydroxylation is 6. The van der Waals surface area contributed by atoms with Crippen molar-refractivity contribution in [3.63, 3.8) is 0 Å². The first-order valence-electron chi connectivity index (χ1n) is 14.3. The van der Waals surface area contributed by atoms with Crippen LogP contribution in [0.3, 0.4) is 0 Å². The molecule has 0 saturated heterocycles. The van der Waals surface area contributed by atoms with Gasteiger partial charge in [-0.1, -0.05) is 145 Å². The minimum Gasteiger partial charge on any atom is -0.464 e. The third-order valence-corrected chi connectivity index (χ3v) is 9.41. The topological polar surface area (TPSA) is 54.0 Å². The van der Waals surface area contributed by atoms with E-state index in [-0.39, 0.29) is 41.1 Å².